The van der Waals surface area contributed by atoms with Gasteiger partial charge in [-0.25, -0.2) is 10.9 Å². The highest BCUT2D eigenvalue weighted by atomic mass is 16.2. The lowest BCUT2D eigenvalue weighted by Crippen LogP contribution is -2.21. The van der Waals surface area contributed by atoms with Gasteiger partial charge in [0.2, 0.25) is 11.8 Å². The van der Waals surface area contributed by atoms with Gasteiger partial charge in [0.25, 0.3) is 0 Å². The highest BCUT2D eigenvalue weighted by Crippen LogP contribution is 2.05. The summed E-state index contributed by atoms with van der Waals surface area (Å²) in [6.45, 7) is 7.71. The highest BCUT2D eigenvalue weighted by Gasteiger charge is 2.06. The third kappa shape index (κ3) is 7.70. The molecule has 2 aromatic rings. The minimum absolute atomic E-state index is 0.219. The molecule has 0 aliphatic heterocycles. The molecule has 0 saturated carbocycles. The summed E-state index contributed by atoms with van der Waals surface area (Å²) in [4.78, 5) is 23.8. The summed E-state index contributed by atoms with van der Waals surface area (Å²) in [6, 6.07) is 15.8. The van der Waals surface area contributed by atoms with Gasteiger partial charge in [0, 0.05) is 12.8 Å². The number of carbonyl (C=O) groups excluding carboxylic acids is 2. The third-order valence-electron chi connectivity index (χ3n) is 4.44. The first-order valence-corrected chi connectivity index (χ1v) is 9.65. The molecule has 2 amide bonds. The molecule has 0 radical (unpaired) electrons. The number of hydrogen-bond acceptors (Lipinski definition) is 4. The molecule has 0 heterocycles. The van der Waals surface area contributed by atoms with Gasteiger partial charge >= 0.3 is 0 Å². The van der Waals surface area contributed by atoms with Crippen LogP contribution in [0.3, 0.4) is 0 Å². The molecule has 2 aromatic carbocycles. The summed E-state index contributed by atoms with van der Waals surface area (Å²) in [6.07, 6.45) is 0.868. The number of hydrogen-bond donors (Lipinski definition) is 2. The molecule has 0 saturated heterocycles. The van der Waals surface area contributed by atoms with Crippen molar-refractivity contribution in [1.29, 1.82) is 0 Å². The number of benzene rings is 2. The Labute approximate surface area is 172 Å². The predicted molar refractivity (Wildman–Crippen MR) is 117 cm³/mol. The Hall–Kier alpha value is -3.28. The molecule has 0 aliphatic rings. The lowest BCUT2D eigenvalue weighted by Gasteiger charge is -2.05. The Morgan fingerprint density at radius 1 is 0.690 bits per heavy atom. The second-order valence-electron chi connectivity index (χ2n) is 7.05. The second-order valence-corrected chi connectivity index (χ2v) is 7.05. The highest BCUT2D eigenvalue weighted by molar-refractivity contribution is 5.99. The monoisotopic (exact) mass is 392 g/mol. The van der Waals surface area contributed by atoms with Crippen molar-refractivity contribution in [2.45, 2.75) is 47.0 Å². The summed E-state index contributed by atoms with van der Waals surface area (Å²) in [5.74, 6) is -0.438. The normalized spacial score (nSPS) is 11.9. The van der Waals surface area contributed by atoms with Crippen molar-refractivity contribution in [2.75, 3.05) is 0 Å². The van der Waals surface area contributed by atoms with Crippen molar-refractivity contribution in [2.24, 2.45) is 10.2 Å². The van der Waals surface area contributed by atoms with Crippen molar-refractivity contribution in [3.8, 4) is 0 Å². The largest absolute Gasteiger partial charge is 0.273 e. The zero-order valence-corrected chi connectivity index (χ0v) is 17.5. The van der Waals surface area contributed by atoms with Crippen LogP contribution in [0.4, 0.5) is 0 Å². The average molecular weight is 393 g/mol. The standard InChI is InChI=1S/C23H28N4O2/c1-16-8-12-20(13-9-16)18(3)24-26-22(28)6-5-7-23(29)27-25-19(4)21-14-10-17(2)11-15-21/h8-15H,5-7H2,1-4H3,(H,26,28)(H,27,29). The molecule has 0 bridgehead atoms. The van der Waals surface area contributed by atoms with Crippen molar-refractivity contribution < 1.29 is 9.59 Å². The first-order chi connectivity index (χ1) is 13.8. The van der Waals surface area contributed by atoms with Crippen LogP contribution in [0.1, 0.15) is 55.4 Å². The molecule has 0 unspecified atom stereocenters. The lowest BCUT2D eigenvalue weighted by molar-refractivity contribution is -0.122. The van der Waals surface area contributed by atoms with E-state index in [1.165, 1.54) is 11.1 Å². The van der Waals surface area contributed by atoms with Crippen LogP contribution in [0.2, 0.25) is 0 Å². The Morgan fingerprint density at radius 3 is 1.38 bits per heavy atom. The van der Waals surface area contributed by atoms with Gasteiger partial charge in [0.1, 0.15) is 0 Å². The molecular weight excluding hydrogens is 364 g/mol. The van der Waals surface area contributed by atoms with E-state index in [9.17, 15) is 9.59 Å². The zero-order valence-electron chi connectivity index (χ0n) is 17.5. The SMILES string of the molecule is CC(=NNC(=O)CCCC(=O)NN=C(C)c1ccc(C)cc1)c1ccc(C)cc1. The van der Waals surface area contributed by atoms with Gasteiger partial charge in [0.05, 0.1) is 11.4 Å². The Balaban J connectivity index is 1.71. The third-order valence-corrected chi connectivity index (χ3v) is 4.44. The van der Waals surface area contributed by atoms with Gasteiger partial charge in [-0.05, 0) is 45.2 Å². The minimum atomic E-state index is -0.219. The number of aryl methyl sites for hydroxylation is 2. The predicted octanol–water partition coefficient (Wildman–Crippen LogP) is 3.85. The summed E-state index contributed by atoms with van der Waals surface area (Å²) < 4.78 is 0. The van der Waals surface area contributed by atoms with E-state index >= 15 is 0 Å². The molecule has 2 N–H and O–H groups in total. The molecule has 0 aromatic heterocycles. The summed E-state index contributed by atoms with van der Waals surface area (Å²) in [5.41, 5.74) is 10.8. The van der Waals surface area contributed by atoms with Crippen LogP contribution in [0.25, 0.3) is 0 Å². The molecule has 0 atom stereocenters. The number of nitrogens with zero attached hydrogens (tertiary/aromatic N) is 2. The van der Waals surface area contributed by atoms with E-state index in [1.807, 2.05) is 76.2 Å². The number of nitrogens with one attached hydrogen (secondary N) is 2. The fourth-order valence-corrected chi connectivity index (χ4v) is 2.53. The zero-order chi connectivity index (χ0) is 21.2. The molecule has 6 heteroatoms. The van der Waals surface area contributed by atoms with Gasteiger partial charge in [0.15, 0.2) is 0 Å². The first kappa shape index (κ1) is 22.0. The number of hydrazone groups is 2. The van der Waals surface area contributed by atoms with E-state index in [4.69, 9.17) is 0 Å². The van der Waals surface area contributed by atoms with Crippen molar-refractivity contribution in [3.05, 3.63) is 70.8 Å². The van der Waals surface area contributed by atoms with Gasteiger partial charge in [-0.3, -0.25) is 9.59 Å². The van der Waals surface area contributed by atoms with Gasteiger partial charge in [-0.15, -0.1) is 0 Å². The van der Waals surface area contributed by atoms with Crippen LogP contribution in [0.15, 0.2) is 58.7 Å². The summed E-state index contributed by atoms with van der Waals surface area (Å²) >= 11 is 0. The van der Waals surface area contributed by atoms with Crippen LogP contribution >= 0.6 is 0 Å². The van der Waals surface area contributed by atoms with Crippen molar-refractivity contribution >= 4 is 23.2 Å². The van der Waals surface area contributed by atoms with E-state index in [1.54, 1.807) is 0 Å². The number of rotatable bonds is 8. The van der Waals surface area contributed by atoms with Gasteiger partial charge < -0.3 is 0 Å². The maximum absolute atomic E-state index is 11.9. The van der Waals surface area contributed by atoms with Gasteiger partial charge in [-0.2, -0.15) is 10.2 Å². The quantitative estimate of drug-likeness (QED) is 0.528. The summed E-state index contributed by atoms with van der Waals surface area (Å²) in [7, 11) is 0. The molecule has 0 fully saturated rings. The van der Waals surface area contributed by atoms with Crippen molar-refractivity contribution in [3.63, 3.8) is 0 Å². The van der Waals surface area contributed by atoms with E-state index < -0.39 is 0 Å². The van der Waals surface area contributed by atoms with Crippen LogP contribution in [-0.2, 0) is 9.59 Å². The van der Waals surface area contributed by atoms with Crippen LogP contribution in [-0.4, -0.2) is 23.2 Å². The molecule has 152 valence electrons. The minimum Gasteiger partial charge on any atom is -0.273 e. The van der Waals surface area contributed by atoms with Crippen LogP contribution < -0.4 is 10.9 Å². The Kier molecular flexibility index (Phi) is 8.27. The smallest absolute Gasteiger partial charge is 0.240 e. The van der Waals surface area contributed by atoms with E-state index in [2.05, 4.69) is 21.1 Å². The molecule has 0 aliphatic carbocycles. The maximum Gasteiger partial charge on any atom is 0.240 e. The second kappa shape index (κ2) is 10.9. The summed E-state index contributed by atoms with van der Waals surface area (Å²) in [5, 5.41) is 8.23. The molecule has 2 rings (SSSR count). The van der Waals surface area contributed by atoms with Gasteiger partial charge in [-0.1, -0.05) is 59.7 Å². The van der Waals surface area contributed by atoms with E-state index in [0.29, 0.717) is 6.42 Å². The van der Waals surface area contributed by atoms with Crippen LogP contribution in [0, 0.1) is 13.8 Å². The fourth-order valence-electron chi connectivity index (χ4n) is 2.53. The molecule has 6 nitrogen and oxygen atoms in total. The first-order valence-electron chi connectivity index (χ1n) is 9.65. The fraction of sp³-hybridized carbons (Fsp3) is 0.304. The topological polar surface area (TPSA) is 82.9 Å². The molecule has 0 spiro atoms. The van der Waals surface area contributed by atoms with E-state index in [0.717, 1.165) is 22.6 Å². The Morgan fingerprint density at radius 2 is 1.03 bits per heavy atom. The Bertz CT molecular complexity index is 822. The maximum atomic E-state index is 11.9. The molecule has 29 heavy (non-hydrogen) atoms. The number of amides is 2. The molecular formula is C23H28N4O2. The average Bonchev–Trinajstić information content (AvgIpc) is 2.71. The van der Waals surface area contributed by atoms with E-state index in [-0.39, 0.29) is 24.7 Å². The lowest BCUT2D eigenvalue weighted by atomic mass is 10.1. The number of carbonyl (C=O) groups is 2. The van der Waals surface area contributed by atoms with Crippen LogP contribution in [0.5, 0.6) is 0 Å². The van der Waals surface area contributed by atoms with Crippen molar-refractivity contribution in [1.82, 2.24) is 10.9 Å².